The number of pyridine rings is 1. The van der Waals surface area contributed by atoms with Crippen molar-refractivity contribution in [3.05, 3.63) is 59.0 Å². The van der Waals surface area contributed by atoms with E-state index >= 15 is 0 Å². The van der Waals surface area contributed by atoms with Gasteiger partial charge in [0.2, 0.25) is 0 Å². The number of fused-ring (bicyclic) bond motifs is 1. The van der Waals surface area contributed by atoms with Crippen LogP contribution in [0.15, 0.2) is 42.6 Å². The maximum atomic E-state index is 13.3. The van der Waals surface area contributed by atoms with Gasteiger partial charge in [-0.3, -0.25) is 9.48 Å². The number of amides is 1. The highest BCUT2D eigenvalue weighted by molar-refractivity contribution is 6.31. The molecule has 3 heterocycles. The summed E-state index contributed by atoms with van der Waals surface area (Å²) in [4.78, 5) is 19.6. The average molecular weight is 415 g/mol. The molecule has 1 aliphatic heterocycles. The third-order valence-corrected chi connectivity index (χ3v) is 5.11. The lowest BCUT2D eigenvalue weighted by Gasteiger charge is -2.25. The fourth-order valence-electron chi connectivity index (χ4n) is 3.46. The first kappa shape index (κ1) is 19.8. The predicted molar refractivity (Wildman–Crippen MR) is 110 cm³/mol. The Morgan fingerprint density at radius 3 is 2.79 bits per heavy atom. The first-order valence-electron chi connectivity index (χ1n) is 9.45. The smallest absolute Gasteiger partial charge is 0.272 e. The molecule has 4 rings (SSSR count). The summed E-state index contributed by atoms with van der Waals surface area (Å²) in [5.74, 6) is -0.866. The minimum Gasteiger partial charge on any atom is -0.348 e. The third-order valence-electron chi connectivity index (χ3n) is 4.79. The number of rotatable bonds is 5. The van der Waals surface area contributed by atoms with Crippen molar-refractivity contribution >= 4 is 28.4 Å². The average Bonchev–Trinajstić information content (AvgIpc) is 3.20. The highest BCUT2D eigenvalue weighted by Gasteiger charge is 2.35. The second kappa shape index (κ2) is 7.74. The second-order valence-electron chi connectivity index (χ2n) is 7.62. The summed E-state index contributed by atoms with van der Waals surface area (Å²) < 4.78 is 13.2. The molecule has 1 atom stereocenters. The Bertz CT molecular complexity index is 1050. The van der Waals surface area contributed by atoms with Crippen LogP contribution in [0.4, 0.5) is 0 Å². The number of para-hydroxylation sites is 1. The Labute approximate surface area is 174 Å². The van der Waals surface area contributed by atoms with E-state index in [1.807, 2.05) is 44.2 Å². The van der Waals surface area contributed by atoms with Gasteiger partial charge in [-0.05, 0) is 26.0 Å². The zero-order valence-corrected chi connectivity index (χ0v) is 17.4. The lowest BCUT2D eigenvalue weighted by molar-refractivity contribution is -0.139. The van der Waals surface area contributed by atoms with E-state index < -0.39 is 5.79 Å². The SMILES string of the molecule is Cn1cc(Cl)c(CN(C[C@H]2COC(C)(C)O2)C(=O)c2ccc3ccccc3n2)n1. The minimum absolute atomic E-state index is 0.203. The van der Waals surface area contributed by atoms with Gasteiger partial charge >= 0.3 is 0 Å². The van der Waals surface area contributed by atoms with Gasteiger partial charge in [0.1, 0.15) is 17.5 Å². The van der Waals surface area contributed by atoms with Crippen LogP contribution in [0, 0.1) is 0 Å². The molecule has 1 aromatic carbocycles. The van der Waals surface area contributed by atoms with Gasteiger partial charge in [0, 0.05) is 18.6 Å². The second-order valence-corrected chi connectivity index (χ2v) is 8.03. The molecule has 0 N–H and O–H groups in total. The predicted octanol–water partition coefficient (Wildman–Crippen LogP) is 3.42. The standard InChI is InChI=1S/C21H23ClN4O3/c1-21(2)28-13-15(29-21)10-26(12-19-16(22)11-25(3)24-19)20(27)18-9-8-14-6-4-5-7-17(14)23-18/h4-9,11,15H,10,12-13H2,1-3H3/t15-/m0/s1. The summed E-state index contributed by atoms with van der Waals surface area (Å²) in [6.45, 7) is 4.74. The van der Waals surface area contributed by atoms with Gasteiger partial charge in [0.05, 0.1) is 30.2 Å². The van der Waals surface area contributed by atoms with Crippen molar-refractivity contribution in [3.8, 4) is 0 Å². The Morgan fingerprint density at radius 2 is 2.10 bits per heavy atom. The Kier molecular flexibility index (Phi) is 5.29. The molecule has 2 aromatic heterocycles. The van der Waals surface area contributed by atoms with Crippen molar-refractivity contribution in [3.63, 3.8) is 0 Å². The number of hydrogen-bond donors (Lipinski definition) is 0. The maximum absolute atomic E-state index is 13.3. The fraction of sp³-hybridized carbons (Fsp3) is 0.381. The number of carbonyl (C=O) groups excluding carboxylic acids is 1. The minimum atomic E-state index is -0.663. The number of nitrogens with zero attached hydrogens (tertiary/aromatic N) is 4. The van der Waals surface area contributed by atoms with E-state index in [1.165, 1.54) is 0 Å². The molecule has 0 aliphatic carbocycles. The van der Waals surface area contributed by atoms with Gasteiger partial charge in [0.25, 0.3) is 5.91 Å². The molecule has 8 heteroatoms. The number of ether oxygens (including phenoxy) is 2. The number of aromatic nitrogens is 3. The molecule has 1 fully saturated rings. The van der Waals surface area contributed by atoms with Crippen LogP contribution in [-0.4, -0.2) is 50.6 Å². The molecule has 3 aromatic rings. The van der Waals surface area contributed by atoms with E-state index in [-0.39, 0.29) is 18.6 Å². The number of aryl methyl sites for hydroxylation is 1. The molecular weight excluding hydrogens is 392 g/mol. The van der Waals surface area contributed by atoms with Gasteiger partial charge in [0.15, 0.2) is 5.79 Å². The van der Waals surface area contributed by atoms with E-state index in [4.69, 9.17) is 21.1 Å². The molecule has 0 radical (unpaired) electrons. The summed E-state index contributed by atoms with van der Waals surface area (Å²) in [6.07, 6.45) is 1.48. The topological polar surface area (TPSA) is 69.5 Å². The summed E-state index contributed by atoms with van der Waals surface area (Å²) in [5.41, 5.74) is 1.77. The van der Waals surface area contributed by atoms with Crippen LogP contribution in [0.3, 0.4) is 0 Å². The zero-order valence-electron chi connectivity index (χ0n) is 16.6. The number of benzene rings is 1. The zero-order chi connectivity index (χ0) is 20.6. The first-order chi connectivity index (χ1) is 13.8. The molecule has 1 saturated heterocycles. The molecular formula is C21H23ClN4O3. The molecule has 29 heavy (non-hydrogen) atoms. The van der Waals surface area contributed by atoms with Gasteiger partial charge in [-0.2, -0.15) is 5.10 Å². The van der Waals surface area contributed by atoms with Crippen molar-refractivity contribution in [2.75, 3.05) is 13.2 Å². The van der Waals surface area contributed by atoms with Crippen LogP contribution >= 0.6 is 11.6 Å². The molecule has 0 unspecified atom stereocenters. The lowest BCUT2D eigenvalue weighted by atomic mass is 10.2. The van der Waals surface area contributed by atoms with Crippen LogP contribution in [0.2, 0.25) is 5.02 Å². The quantitative estimate of drug-likeness (QED) is 0.639. The van der Waals surface area contributed by atoms with Crippen LogP contribution in [0.5, 0.6) is 0 Å². The molecule has 0 spiro atoms. The summed E-state index contributed by atoms with van der Waals surface area (Å²) in [6, 6.07) is 11.4. The molecule has 0 bridgehead atoms. The van der Waals surface area contributed by atoms with Crippen molar-refractivity contribution in [2.24, 2.45) is 7.05 Å². The van der Waals surface area contributed by atoms with Crippen LogP contribution < -0.4 is 0 Å². The Hall–Kier alpha value is -2.48. The van der Waals surface area contributed by atoms with E-state index in [1.54, 1.807) is 28.9 Å². The third kappa shape index (κ3) is 4.42. The molecule has 1 aliphatic rings. The van der Waals surface area contributed by atoms with Crippen molar-refractivity contribution in [1.29, 1.82) is 0 Å². The first-order valence-corrected chi connectivity index (χ1v) is 9.83. The molecule has 152 valence electrons. The van der Waals surface area contributed by atoms with Crippen LogP contribution in [0.25, 0.3) is 10.9 Å². The molecule has 1 amide bonds. The highest BCUT2D eigenvalue weighted by atomic mass is 35.5. The van der Waals surface area contributed by atoms with E-state index in [0.717, 1.165) is 10.9 Å². The monoisotopic (exact) mass is 414 g/mol. The summed E-state index contributed by atoms with van der Waals surface area (Å²) in [5, 5.41) is 5.88. The molecule has 0 saturated carbocycles. The van der Waals surface area contributed by atoms with Crippen molar-refractivity contribution < 1.29 is 14.3 Å². The maximum Gasteiger partial charge on any atom is 0.272 e. The fourth-order valence-corrected chi connectivity index (χ4v) is 3.70. The Morgan fingerprint density at radius 1 is 1.31 bits per heavy atom. The van der Waals surface area contributed by atoms with E-state index in [2.05, 4.69) is 10.1 Å². The van der Waals surface area contributed by atoms with E-state index in [0.29, 0.717) is 29.6 Å². The van der Waals surface area contributed by atoms with Gasteiger partial charge in [-0.1, -0.05) is 35.9 Å². The lowest BCUT2D eigenvalue weighted by Crippen LogP contribution is -2.39. The van der Waals surface area contributed by atoms with Gasteiger partial charge in [-0.15, -0.1) is 0 Å². The highest BCUT2D eigenvalue weighted by Crippen LogP contribution is 2.25. The Balaban J connectivity index is 1.62. The number of hydrogen-bond acceptors (Lipinski definition) is 5. The summed E-state index contributed by atoms with van der Waals surface area (Å²) >= 11 is 6.29. The number of carbonyl (C=O) groups is 1. The molecule has 7 nitrogen and oxygen atoms in total. The normalized spacial score (nSPS) is 18.3. The van der Waals surface area contributed by atoms with Crippen LogP contribution in [0.1, 0.15) is 30.0 Å². The van der Waals surface area contributed by atoms with Gasteiger partial charge in [-0.25, -0.2) is 4.98 Å². The van der Waals surface area contributed by atoms with E-state index in [9.17, 15) is 4.79 Å². The summed E-state index contributed by atoms with van der Waals surface area (Å²) in [7, 11) is 1.79. The van der Waals surface area contributed by atoms with Crippen LogP contribution in [-0.2, 0) is 23.1 Å². The largest absolute Gasteiger partial charge is 0.348 e. The van der Waals surface area contributed by atoms with Crippen molar-refractivity contribution in [1.82, 2.24) is 19.7 Å². The van der Waals surface area contributed by atoms with Gasteiger partial charge < -0.3 is 14.4 Å². The van der Waals surface area contributed by atoms with Crippen molar-refractivity contribution in [2.45, 2.75) is 32.3 Å². The number of halogens is 1.